The van der Waals surface area contributed by atoms with Crippen molar-refractivity contribution in [1.29, 1.82) is 0 Å². The summed E-state index contributed by atoms with van der Waals surface area (Å²) >= 11 is 0. The molecule has 0 aromatic heterocycles. The summed E-state index contributed by atoms with van der Waals surface area (Å²) in [5.41, 5.74) is 0.544. The minimum Gasteiger partial charge on any atom is -0.452 e. The summed E-state index contributed by atoms with van der Waals surface area (Å²) in [7, 11) is 1.55. The van der Waals surface area contributed by atoms with Crippen LogP contribution in [-0.2, 0) is 14.3 Å². The van der Waals surface area contributed by atoms with Crippen LogP contribution in [0.25, 0.3) is 0 Å². The first kappa shape index (κ1) is 22.5. The van der Waals surface area contributed by atoms with Gasteiger partial charge in [-0.1, -0.05) is 0 Å². The molecule has 29 heavy (non-hydrogen) atoms. The lowest BCUT2D eigenvalue weighted by molar-refractivity contribution is -0.138. The minimum atomic E-state index is -0.716. The van der Waals surface area contributed by atoms with Crippen LogP contribution in [0.15, 0.2) is 18.2 Å². The van der Waals surface area contributed by atoms with Gasteiger partial charge < -0.3 is 14.4 Å². The summed E-state index contributed by atoms with van der Waals surface area (Å²) in [5.74, 6) is -1.84. The Balaban J connectivity index is 2.07. The van der Waals surface area contributed by atoms with Crippen molar-refractivity contribution in [2.75, 3.05) is 26.9 Å². The molecule has 0 unspecified atom stereocenters. The number of amides is 3. The maximum Gasteiger partial charge on any atom is 0.338 e. The van der Waals surface area contributed by atoms with Crippen molar-refractivity contribution < 1.29 is 28.7 Å². The van der Waals surface area contributed by atoms with Crippen molar-refractivity contribution in [2.45, 2.75) is 46.2 Å². The second kappa shape index (κ2) is 9.65. The zero-order chi connectivity index (χ0) is 21.7. The van der Waals surface area contributed by atoms with Crippen LogP contribution in [0.4, 0.5) is 0 Å². The normalized spacial score (nSPS) is 13.3. The number of carbonyl (C=O) groups excluding carboxylic acids is 4. The number of benzene rings is 1. The van der Waals surface area contributed by atoms with E-state index < -0.39 is 11.9 Å². The van der Waals surface area contributed by atoms with Gasteiger partial charge in [0.25, 0.3) is 17.7 Å². The van der Waals surface area contributed by atoms with Crippen LogP contribution >= 0.6 is 0 Å². The molecular weight excluding hydrogens is 376 g/mol. The Hall–Kier alpha value is -2.74. The summed E-state index contributed by atoms with van der Waals surface area (Å²) < 4.78 is 10.1. The number of hydrogen-bond donors (Lipinski definition) is 0. The first-order valence-corrected chi connectivity index (χ1v) is 9.66. The smallest absolute Gasteiger partial charge is 0.338 e. The molecule has 0 radical (unpaired) electrons. The van der Waals surface area contributed by atoms with E-state index in [2.05, 4.69) is 0 Å². The van der Waals surface area contributed by atoms with Gasteiger partial charge >= 0.3 is 5.97 Å². The van der Waals surface area contributed by atoms with Crippen molar-refractivity contribution in [2.24, 2.45) is 0 Å². The molecule has 0 saturated carbocycles. The summed E-state index contributed by atoms with van der Waals surface area (Å²) in [5, 5.41) is 0. The lowest BCUT2D eigenvalue weighted by Gasteiger charge is -2.30. The van der Waals surface area contributed by atoms with Crippen molar-refractivity contribution in [3.8, 4) is 0 Å². The van der Waals surface area contributed by atoms with Gasteiger partial charge in [-0.2, -0.15) is 0 Å². The Kier molecular flexibility index (Phi) is 7.50. The van der Waals surface area contributed by atoms with Crippen molar-refractivity contribution in [3.05, 3.63) is 34.9 Å². The Labute approximate surface area is 170 Å². The summed E-state index contributed by atoms with van der Waals surface area (Å²) in [6.07, 6.45) is 0.529. The van der Waals surface area contributed by atoms with Crippen LogP contribution in [0.3, 0.4) is 0 Å². The van der Waals surface area contributed by atoms with E-state index in [4.69, 9.17) is 9.47 Å². The van der Waals surface area contributed by atoms with Crippen molar-refractivity contribution in [1.82, 2.24) is 9.80 Å². The van der Waals surface area contributed by atoms with E-state index in [1.807, 2.05) is 27.7 Å². The van der Waals surface area contributed by atoms with Gasteiger partial charge in [-0.25, -0.2) is 4.79 Å². The van der Waals surface area contributed by atoms with Gasteiger partial charge in [-0.3, -0.25) is 19.3 Å². The van der Waals surface area contributed by atoms with Crippen molar-refractivity contribution in [3.63, 3.8) is 0 Å². The van der Waals surface area contributed by atoms with Gasteiger partial charge in [0.15, 0.2) is 6.61 Å². The number of hydrogen-bond acceptors (Lipinski definition) is 6. The molecule has 2 rings (SSSR count). The SMILES string of the molecule is COCCCN1C(=O)c2ccc(C(=O)OCC(=O)N(C(C)C)C(C)C)cc2C1=O. The van der Waals surface area contributed by atoms with Gasteiger partial charge in [0, 0.05) is 32.3 Å². The van der Waals surface area contributed by atoms with Gasteiger partial charge in [0.2, 0.25) is 0 Å². The van der Waals surface area contributed by atoms with Crippen LogP contribution < -0.4 is 0 Å². The Bertz CT molecular complexity index is 794. The highest BCUT2D eigenvalue weighted by molar-refractivity contribution is 6.21. The van der Waals surface area contributed by atoms with Crippen LogP contribution in [-0.4, -0.2) is 72.4 Å². The maximum absolute atomic E-state index is 12.5. The second-order valence-electron chi connectivity index (χ2n) is 7.43. The van der Waals surface area contributed by atoms with Gasteiger partial charge in [0.1, 0.15) is 0 Å². The lowest BCUT2D eigenvalue weighted by atomic mass is 10.1. The van der Waals surface area contributed by atoms with Crippen LogP contribution in [0, 0.1) is 0 Å². The molecule has 158 valence electrons. The zero-order valence-electron chi connectivity index (χ0n) is 17.6. The third-order valence-corrected chi connectivity index (χ3v) is 4.66. The molecule has 1 aromatic rings. The summed E-state index contributed by atoms with van der Waals surface area (Å²) in [6.45, 7) is 7.85. The number of rotatable bonds is 9. The Morgan fingerprint density at radius 2 is 1.66 bits per heavy atom. The zero-order valence-corrected chi connectivity index (χ0v) is 17.6. The summed E-state index contributed by atoms with van der Waals surface area (Å²) in [6, 6.07) is 4.18. The molecule has 0 aliphatic carbocycles. The summed E-state index contributed by atoms with van der Waals surface area (Å²) in [4.78, 5) is 52.4. The molecule has 3 amide bonds. The van der Waals surface area contributed by atoms with Gasteiger partial charge in [-0.15, -0.1) is 0 Å². The molecule has 1 heterocycles. The number of esters is 1. The first-order valence-electron chi connectivity index (χ1n) is 9.66. The molecule has 0 N–H and O–H groups in total. The molecule has 1 aromatic carbocycles. The monoisotopic (exact) mass is 404 g/mol. The van der Waals surface area contributed by atoms with E-state index in [0.717, 1.165) is 4.90 Å². The molecule has 1 aliphatic rings. The Morgan fingerprint density at radius 1 is 1.03 bits per heavy atom. The lowest BCUT2D eigenvalue weighted by Crippen LogP contribution is -2.44. The van der Waals surface area contributed by atoms with Gasteiger partial charge in [0.05, 0.1) is 16.7 Å². The maximum atomic E-state index is 12.5. The second-order valence-corrected chi connectivity index (χ2v) is 7.43. The molecule has 0 atom stereocenters. The Morgan fingerprint density at radius 3 is 2.24 bits per heavy atom. The highest BCUT2D eigenvalue weighted by Crippen LogP contribution is 2.24. The molecule has 8 nitrogen and oxygen atoms in total. The number of methoxy groups -OCH3 is 1. The van der Waals surface area contributed by atoms with Crippen molar-refractivity contribution >= 4 is 23.7 Å². The predicted molar refractivity (Wildman–Crippen MR) is 106 cm³/mol. The average molecular weight is 404 g/mol. The molecule has 8 heteroatoms. The van der Waals surface area contributed by atoms with E-state index >= 15 is 0 Å². The fraction of sp³-hybridized carbons (Fsp3) is 0.524. The quantitative estimate of drug-likeness (QED) is 0.356. The minimum absolute atomic E-state index is 0.0195. The third kappa shape index (κ3) is 5.00. The average Bonchev–Trinajstić information content (AvgIpc) is 2.90. The van der Waals surface area contributed by atoms with Gasteiger partial charge in [-0.05, 0) is 52.3 Å². The largest absolute Gasteiger partial charge is 0.452 e. The van der Waals surface area contributed by atoms with E-state index in [1.54, 1.807) is 12.0 Å². The predicted octanol–water partition coefficient (Wildman–Crippen LogP) is 2.12. The van der Waals surface area contributed by atoms with Crippen LogP contribution in [0.5, 0.6) is 0 Å². The van der Waals surface area contributed by atoms with E-state index in [-0.39, 0.29) is 53.7 Å². The standard InChI is InChI=1S/C21H28N2O6/c1-13(2)23(14(3)4)18(24)12-29-21(27)15-7-8-16-17(11-15)20(26)22(19(16)25)9-6-10-28-5/h7-8,11,13-14H,6,9-10,12H2,1-5H3. The van der Waals surface area contributed by atoms with Crippen LogP contribution in [0.2, 0.25) is 0 Å². The van der Waals surface area contributed by atoms with E-state index in [1.165, 1.54) is 18.2 Å². The third-order valence-electron chi connectivity index (χ3n) is 4.66. The number of ether oxygens (including phenoxy) is 2. The molecule has 0 bridgehead atoms. The number of nitrogens with zero attached hydrogens (tertiary/aromatic N) is 2. The molecule has 0 fully saturated rings. The fourth-order valence-corrected chi connectivity index (χ4v) is 3.45. The van der Waals surface area contributed by atoms with E-state index in [9.17, 15) is 19.2 Å². The first-order chi connectivity index (χ1) is 13.7. The molecule has 0 spiro atoms. The highest BCUT2D eigenvalue weighted by Gasteiger charge is 2.35. The van der Waals surface area contributed by atoms with E-state index in [0.29, 0.717) is 13.0 Å². The highest BCUT2D eigenvalue weighted by atomic mass is 16.5. The molecule has 0 saturated heterocycles. The fourth-order valence-electron chi connectivity index (χ4n) is 3.45. The molecule has 1 aliphatic heterocycles. The number of carbonyl (C=O) groups is 4. The van der Waals surface area contributed by atoms with Crippen LogP contribution in [0.1, 0.15) is 65.2 Å². The topological polar surface area (TPSA) is 93.2 Å². The molecular formula is C21H28N2O6. The number of fused-ring (bicyclic) bond motifs is 1. The number of imide groups is 1.